The fourth-order valence-electron chi connectivity index (χ4n) is 3.95. The average molecular weight is 360 g/mol. The maximum Gasteiger partial charge on any atom is 0.419 e. The van der Waals surface area contributed by atoms with Crippen molar-refractivity contribution in [2.75, 3.05) is 5.32 Å². The predicted molar refractivity (Wildman–Crippen MR) is 97.0 cm³/mol. The molecule has 0 saturated heterocycles. The molecule has 7 nitrogen and oxygen atoms in total. The first-order chi connectivity index (χ1) is 12.3. The zero-order valence-corrected chi connectivity index (χ0v) is 15.1. The number of benzene rings is 1. The van der Waals surface area contributed by atoms with Crippen molar-refractivity contribution in [1.82, 2.24) is 4.57 Å². The van der Waals surface area contributed by atoms with Crippen LogP contribution in [0.3, 0.4) is 0 Å². The number of carboxylic acid groups (broad SMARTS) is 1. The number of nitrogens with zero attached hydrogens (tertiary/aromatic N) is 1. The largest absolute Gasteiger partial charge is 0.481 e. The summed E-state index contributed by atoms with van der Waals surface area (Å²) in [7, 11) is 1.61. The summed E-state index contributed by atoms with van der Waals surface area (Å²) in [6.45, 7) is 1.74. The Hall–Kier alpha value is -2.57. The highest BCUT2D eigenvalue weighted by molar-refractivity contribution is 5.98. The molecule has 2 aromatic rings. The number of amides is 1. The van der Waals surface area contributed by atoms with Crippen molar-refractivity contribution in [2.24, 2.45) is 18.4 Å². The zero-order valence-electron chi connectivity index (χ0n) is 15.1. The number of nitrogens with one attached hydrogen (secondary N) is 1. The zero-order chi connectivity index (χ0) is 18.9. The Morgan fingerprint density at radius 1 is 1.31 bits per heavy atom. The number of hydrogen-bond acceptors (Lipinski definition) is 4. The molecular weight excluding hydrogens is 336 g/mol. The third-order valence-electron chi connectivity index (χ3n) is 5.59. The van der Waals surface area contributed by atoms with Crippen LogP contribution in [0.15, 0.2) is 27.4 Å². The number of fused-ring (bicyclic) bond motifs is 1. The van der Waals surface area contributed by atoms with Gasteiger partial charge in [-0.2, -0.15) is 0 Å². The van der Waals surface area contributed by atoms with Crippen molar-refractivity contribution in [3.05, 3.63) is 28.7 Å². The number of carbonyl (C=O) groups is 2. The minimum absolute atomic E-state index is 0.0470. The molecule has 0 radical (unpaired) electrons. The van der Waals surface area contributed by atoms with E-state index < -0.39 is 17.1 Å². The molecule has 3 rings (SSSR count). The van der Waals surface area contributed by atoms with Gasteiger partial charge in [-0.05, 0) is 37.8 Å². The van der Waals surface area contributed by atoms with Crippen molar-refractivity contribution < 1.29 is 19.1 Å². The van der Waals surface area contributed by atoms with Gasteiger partial charge in [-0.1, -0.05) is 19.3 Å². The van der Waals surface area contributed by atoms with Crippen LogP contribution in [0.4, 0.5) is 5.69 Å². The number of anilines is 1. The average Bonchev–Trinajstić information content (AvgIpc) is 2.88. The highest BCUT2D eigenvalue weighted by Gasteiger charge is 2.43. The van der Waals surface area contributed by atoms with Crippen molar-refractivity contribution in [3.63, 3.8) is 0 Å². The first kappa shape index (κ1) is 18.2. The van der Waals surface area contributed by atoms with Gasteiger partial charge in [-0.3, -0.25) is 14.2 Å². The van der Waals surface area contributed by atoms with Gasteiger partial charge in [0, 0.05) is 18.8 Å². The van der Waals surface area contributed by atoms with Crippen LogP contribution in [0.25, 0.3) is 11.1 Å². The standard InChI is InChI=1S/C19H24N2O5/c1-19(11-16(22)23,12-6-4-3-5-7-12)17(24)20-13-8-9-14-15(10-13)26-18(25)21(14)2/h8-10,12H,3-7,11H2,1-2H3,(H,20,24)(H,22,23). The molecule has 0 spiro atoms. The van der Waals surface area contributed by atoms with E-state index in [0.29, 0.717) is 16.8 Å². The predicted octanol–water partition coefficient (Wildman–Crippen LogP) is 3.13. The Kier molecular flexibility index (Phi) is 4.89. The number of aliphatic carboxylic acids is 1. The summed E-state index contributed by atoms with van der Waals surface area (Å²) >= 11 is 0. The monoisotopic (exact) mass is 360 g/mol. The third-order valence-corrected chi connectivity index (χ3v) is 5.59. The van der Waals surface area contributed by atoms with Crippen molar-refractivity contribution in [2.45, 2.75) is 45.4 Å². The molecule has 140 valence electrons. The summed E-state index contributed by atoms with van der Waals surface area (Å²) in [5.41, 5.74) is 0.532. The van der Waals surface area contributed by atoms with E-state index >= 15 is 0 Å². The van der Waals surface area contributed by atoms with E-state index in [2.05, 4.69) is 5.32 Å². The summed E-state index contributed by atoms with van der Waals surface area (Å²) in [6.07, 6.45) is 4.70. The van der Waals surface area contributed by atoms with Crippen LogP contribution in [0.5, 0.6) is 0 Å². The fraction of sp³-hybridized carbons (Fsp3) is 0.526. The minimum Gasteiger partial charge on any atom is -0.481 e. The van der Waals surface area contributed by atoms with Crippen LogP contribution >= 0.6 is 0 Å². The Labute approximate surface area is 151 Å². The maximum absolute atomic E-state index is 13.0. The highest BCUT2D eigenvalue weighted by Crippen LogP contribution is 2.42. The normalized spacial score (nSPS) is 17.8. The van der Waals surface area contributed by atoms with E-state index in [9.17, 15) is 19.5 Å². The van der Waals surface area contributed by atoms with Gasteiger partial charge in [0.2, 0.25) is 5.91 Å². The van der Waals surface area contributed by atoms with E-state index in [0.717, 1.165) is 32.1 Å². The van der Waals surface area contributed by atoms with E-state index in [1.54, 1.807) is 32.2 Å². The second kappa shape index (κ2) is 6.97. The van der Waals surface area contributed by atoms with Crippen molar-refractivity contribution >= 4 is 28.7 Å². The lowest BCUT2D eigenvalue weighted by Crippen LogP contribution is -2.42. The van der Waals surface area contributed by atoms with Gasteiger partial charge in [-0.25, -0.2) is 4.79 Å². The Bertz CT molecular complexity index is 891. The molecule has 1 heterocycles. The van der Waals surface area contributed by atoms with E-state index in [4.69, 9.17) is 4.42 Å². The molecule has 1 atom stereocenters. The van der Waals surface area contributed by atoms with Gasteiger partial charge in [0.1, 0.15) is 0 Å². The molecule has 0 bridgehead atoms. The molecular formula is C19H24N2O5. The second-order valence-electron chi connectivity index (χ2n) is 7.39. The molecule has 1 aliphatic rings. The molecule has 1 saturated carbocycles. The van der Waals surface area contributed by atoms with Crippen LogP contribution in [0.2, 0.25) is 0 Å². The Morgan fingerprint density at radius 3 is 2.65 bits per heavy atom. The Balaban J connectivity index is 1.87. The summed E-state index contributed by atoms with van der Waals surface area (Å²) in [6, 6.07) is 4.99. The second-order valence-corrected chi connectivity index (χ2v) is 7.39. The SMILES string of the molecule is Cn1c(=O)oc2cc(NC(=O)C(C)(CC(=O)O)C3CCCCC3)ccc21. The smallest absolute Gasteiger partial charge is 0.419 e. The first-order valence-corrected chi connectivity index (χ1v) is 8.94. The lowest BCUT2D eigenvalue weighted by atomic mass is 9.67. The lowest BCUT2D eigenvalue weighted by molar-refractivity contribution is -0.145. The quantitative estimate of drug-likeness (QED) is 0.853. The number of aryl methyl sites for hydroxylation is 1. The molecule has 1 aliphatic carbocycles. The summed E-state index contributed by atoms with van der Waals surface area (Å²) in [4.78, 5) is 36.0. The van der Waals surface area contributed by atoms with Gasteiger partial charge in [0.25, 0.3) is 0 Å². The fourth-order valence-corrected chi connectivity index (χ4v) is 3.95. The Morgan fingerprint density at radius 2 is 2.00 bits per heavy atom. The molecule has 1 aromatic carbocycles. The molecule has 1 amide bonds. The van der Waals surface area contributed by atoms with Crippen LogP contribution in [-0.2, 0) is 16.6 Å². The van der Waals surface area contributed by atoms with E-state index in [1.165, 1.54) is 4.57 Å². The van der Waals surface area contributed by atoms with Crippen LogP contribution in [0.1, 0.15) is 45.4 Å². The van der Waals surface area contributed by atoms with Gasteiger partial charge in [0.15, 0.2) is 5.58 Å². The number of rotatable bonds is 5. The van der Waals surface area contributed by atoms with Crippen molar-refractivity contribution in [1.29, 1.82) is 0 Å². The van der Waals surface area contributed by atoms with E-state index in [1.807, 2.05) is 0 Å². The molecule has 1 unspecified atom stereocenters. The lowest BCUT2D eigenvalue weighted by Gasteiger charge is -2.37. The van der Waals surface area contributed by atoms with Gasteiger partial charge in [0.05, 0.1) is 17.4 Å². The number of oxazole rings is 1. The van der Waals surface area contributed by atoms with Crippen LogP contribution < -0.4 is 11.1 Å². The van der Waals surface area contributed by atoms with Crippen molar-refractivity contribution in [3.8, 4) is 0 Å². The van der Waals surface area contributed by atoms with Gasteiger partial charge in [-0.15, -0.1) is 0 Å². The first-order valence-electron chi connectivity index (χ1n) is 8.94. The molecule has 1 fully saturated rings. The maximum atomic E-state index is 13.0. The molecule has 2 N–H and O–H groups in total. The summed E-state index contributed by atoms with van der Waals surface area (Å²) < 4.78 is 6.54. The van der Waals surface area contributed by atoms with E-state index in [-0.39, 0.29) is 18.2 Å². The molecule has 7 heteroatoms. The summed E-state index contributed by atoms with van der Waals surface area (Å²) in [5, 5.41) is 12.2. The molecule has 0 aliphatic heterocycles. The number of aromatic nitrogens is 1. The number of carbonyl (C=O) groups excluding carboxylic acids is 1. The number of hydrogen-bond donors (Lipinski definition) is 2. The molecule has 1 aromatic heterocycles. The number of carboxylic acids is 1. The topological polar surface area (TPSA) is 102 Å². The summed E-state index contributed by atoms with van der Waals surface area (Å²) in [5.74, 6) is -1.70. The van der Waals surface area contributed by atoms with Gasteiger partial charge >= 0.3 is 11.7 Å². The minimum atomic E-state index is -0.974. The third kappa shape index (κ3) is 3.38. The highest BCUT2D eigenvalue weighted by atomic mass is 16.4. The molecule has 26 heavy (non-hydrogen) atoms. The van der Waals surface area contributed by atoms with Crippen LogP contribution in [0, 0.1) is 11.3 Å². The van der Waals surface area contributed by atoms with Gasteiger partial charge < -0.3 is 14.8 Å². The van der Waals surface area contributed by atoms with Crippen LogP contribution in [-0.4, -0.2) is 21.6 Å².